The maximum absolute atomic E-state index is 12.2. The Bertz CT molecular complexity index is 882. The Labute approximate surface area is 120 Å². The topological polar surface area (TPSA) is 79.8 Å². The van der Waals surface area contributed by atoms with Crippen LogP contribution in [0.15, 0.2) is 41.8 Å². The Balaban J connectivity index is 1.98. The molecule has 6 nitrogen and oxygen atoms in total. The lowest BCUT2D eigenvalue weighted by Gasteiger charge is -2.06. The van der Waals surface area contributed by atoms with Gasteiger partial charge in [0.15, 0.2) is 0 Å². The van der Waals surface area contributed by atoms with Gasteiger partial charge in [0, 0.05) is 29.8 Å². The highest BCUT2D eigenvalue weighted by Crippen LogP contribution is 2.23. The van der Waals surface area contributed by atoms with Gasteiger partial charge in [-0.05, 0) is 24.3 Å². The number of benzene rings is 1. The number of fused-ring (bicyclic) bond motifs is 1. The molecule has 104 valence electrons. The van der Waals surface area contributed by atoms with Crippen LogP contribution < -0.4 is 4.72 Å². The number of H-pyrrole nitrogens is 1. The summed E-state index contributed by atoms with van der Waals surface area (Å²) in [5.74, 6) is 0. The predicted molar refractivity (Wildman–Crippen MR) is 77.3 cm³/mol. The van der Waals surface area contributed by atoms with Crippen molar-refractivity contribution in [2.45, 2.75) is 5.03 Å². The number of sulfonamides is 1. The zero-order valence-electron chi connectivity index (χ0n) is 10.5. The molecule has 8 heteroatoms. The lowest BCUT2D eigenvalue weighted by atomic mass is 10.2. The van der Waals surface area contributed by atoms with E-state index in [1.807, 2.05) is 6.07 Å². The SMILES string of the molecule is Cn1cnc(S(=O)(=O)Nc2ccc3[nH]ccc3c2)c1Cl. The summed E-state index contributed by atoms with van der Waals surface area (Å²) in [6, 6.07) is 7.07. The van der Waals surface area contributed by atoms with Gasteiger partial charge in [-0.2, -0.15) is 8.42 Å². The third kappa shape index (κ3) is 2.14. The Morgan fingerprint density at radius 1 is 1.35 bits per heavy atom. The summed E-state index contributed by atoms with van der Waals surface area (Å²) in [5, 5.41) is 0.799. The van der Waals surface area contributed by atoms with Gasteiger partial charge in [0.05, 0.1) is 6.33 Å². The maximum Gasteiger partial charge on any atom is 0.282 e. The molecule has 0 fully saturated rings. The molecule has 2 N–H and O–H groups in total. The van der Waals surface area contributed by atoms with Crippen LogP contribution in [0.4, 0.5) is 5.69 Å². The van der Waals surface area contributed by atoms with Crippen molar-refractivity contribution in [3.8, 4) is 0 Å². The number of hydrogen-bond donors (Lipinski definition) is 2. The molecule has 0 aliphatic heterocycles. The number of rotatable bonds is 3. The van der Waals surface area contributed by atoms with Gasteiger partial charge < -0.3 is 9.55 Å². The summed E-state index contributed by atoms with van der Waals surface area (Å²) in [4.78, 5) is 6.85. The van der Waals surface area contributed by atoms with Gasteiger partial charge in [-0.25, -0.2) is 4.98 Å². The zero-order chi connectivity index (χ0) is 14.3. The van der Waals surface area contributed by atoms with E-state index >= 15 is 0 Å². The highest BCUT2D eigenvalue weighted by Gasteiger charge is 2.22. The molecule has 0 saturated carbocycles. The highest BCUT2D eigenvalue weighted by atomic mass is 35.5. The normalized spacial score (nSPS) is 11.9. The molecule has 0 aliphatic rings. The standard InChI is InChI=1S/C12H11ClN4O2S/c1-17-7-15-12(11(17)13)20(18,19)16-9-2-3-10-8(6-9)4-5-14-10/h2-7,14,16H,1H3. The van der Waals surface area contributed by atoms with Crippen molar-refractivity contribution in [1.82, 2.24) is 14.5 Å². The van der Waals surface area contributed by atoms with E-state index in [0.29, 0.717) is 5.69 Å². The average molecular weight is 311 g/mol. The van der Waals surface area contributed by atoms with Crippen molar-refractivity contribution in [2.24, 2.45) is 7.05 Å². The largest absolute Gasteiger partial charge is 0.361 e. The molecule has 3 aromatic rings. The Morgan fingerprint density at radius 2 is 2.15 bits per heavy atom. The van der Waals surface area contributed by atoms with Gasteiger partial charge in [-0.15, -0.1) is 0 Å². The molecule has 2 aromatic heterocycles. The summed E-state index contributed by atoms with van der Waals surface area (Å²) in [7, 11) is -2.17. The van der Waals surface area contributed by atoms with Gasteiger partial charge >= 0.3 is 0 Å². The Morgan fingerprint density at radius 3 is 2.85 bits per heavy atom. The van der Waals surface area contributed by atoms with Crippen molar-refractivity contribution in [3.63, 3.8) is 0 Å². The quantitative estimate of drug-likeness (QED) is 0.779. The van der Waals surface area contributed by atoms with E-state index in [0.717, 1.165) is 10.9 Å². The van der Waals surface area contributed by atoms with E-state index in [1.165, 1.54) is 10.9 Å². The number of aryl methyl sites for hydroxylation is 1. The molecular formula is C12H11ClN4O2S. The minimum atomic E-state index is -3.80. The highest BCUT2D eigenvalue weighted by molar-refractivity contribution is 7.92. The van der Waals surface area contributed by atoms with Gasteiger partial charge in [-0.3, -0.25) is 4.72 Å². The molecular weight excluding hydrogens is 300 g/mol. The lowest BCUT2D eigenvalue weighted by Crippen LogP contribution is -2.14. The van der Waals surface area contributed by atoms with E-state index in [4.69, 9.17) is 11.6 Å². The molecule has 0 amide bonds. The zero-order valence-corrected chi connectivity index (χ0v) is 12.0. The molecule has 0 aliphatic carbocycles. The molecule has 0 spiro atoms. The molecule has 0 radical (unpaired) electrons. The van der Waals surface area contributed by atoms with Gasteiger partial charge in [0.25, 0.3) is 10.0 Å². The monoisotopic (exact) mass is 310 g/mol. The van der Waals surface area contributed by atoms with Crippen LogP contribution in [0.5, 0.6) is 0 Å². The second-order valence-corrected chi connectivity index (χ2v) is 6.29. The van der Waals surface area contributed by atoms with E-state index in [9.17, 15) is 8.42 Å². The minimum Gasteiger partial charge on any atom is -0.361 e. The van der Waals surface area contributed by atoms with E-state index in [2.05, 4.69) is 14.7 Å². The molecule has 2 heterocycles. The van der Waals surface area contributed by atoms with E-state index in [1.54, 1.807) is 31.4 Å². The second kappa shape index (κ2) is 4.53. The lowest BCUT2D eigenvalue weighted by molar-refractivity contribution is 0.598. The van der Waals surface area contributed by atoms with Gasteiger partial charge in [0.1, 0.15) is 5.15 Å². The fraction of sp³-hybridized carbons (Fsp3) is 0.0833. The first-order valence-electron chi connectivity index (χ1n) is 5.74. The average Bonchev–Trinajstić information content (AvgIpc) is 2.97. The maximum atomic E-state index is 12.2. The molecule has 0 atom stereocenters. The van der Waals surface area contributed by atoms with Crippen LogP contribution >= 0.6 is 11.6 Å². The van der Waals surface area contributed by atoms with Crippen molar-refractivity contribution < 1.29 is 8.42 Å². The summed E-state index contributed by atoms with van der Waals surface area (Å²) >= 11 is 5.91. The number of aromatic nitrogens is 3. The number of nitrogens with zero attached hydrogens (tertiary/aromatic N) is 2. The van der Waals surface area contributed by atoms with Crippen molar-refractivity contribution >= 4 is 38.2 Å². The fourth-order valence-electron chi connectivity index (χ4n) is 1.89. The summed E-state index contributed by atoms with van der Waals surface area (Å²) in [6.07, 6.45) is 3.14. The number of hydrogen-bond acceptors (Lipinski definition) is 3. The van der Waals surface area contributed by atoms with Crippen LogP contribution in [0.2, 0.25) is 5.15 Å². The minimum absolute atomic E-state index is 0.0697. The summed E-state index contributed by atoms with van der Waals surface area (Å²) in [6.45, 7) is 0. The smallest absolute Gasteiger partial charge is 0.282 e. The number of nitrogens with one attached hydrogen (secondary N) is 2. The number of halogens is 1. The van der Waals surface area contributed by atoms with Crippen LogP contribution in [0.3, 0.4) is 0 Å². The third-order valence-corrected chi connectivity index (χ3v) is 4.76. The molecule has 0 saturated heterocycles. The molecule has 1 aromatic carbocycles. The van der Waals surface area contributed by atoms with Crippen molar-refractivity contribution in [2.75, 3.05) is 4.72 Å². The fourth-order valence-corrected chi connectivity index (χ4v) is 3.38. The van der Waals surface area contributed by atoms with Gasteiger partial charge in [-0.1, -0.05) is 11.6 Å². The molecule has 3 rings (SSSR count). The van der Waals surface area contributed by atoms with E-state index < -0.39 is 10.0 Å². The third-order valence-electron chi connectivity index (χ3n) is 2.89. The van der Waals surface area contributed by atoms with Crippen LogP contribution in [0, 0.1) is 0 Å². The van der Waals surface area contributed by atoms with Crippen molar-refractivity contribution in [3.05, 3.63) is 41.9 Å². The molecule has 0 bridgehead atoms. The van der Waals surface area contributed by atoms with Crippen molar-refractivity contribution in [1.29, 1.82) is 0 Å². The number of anilines is 1. The van der Waals surface area contributed by atoms with Gasteiger partial charge in [0.2, 0.25) is 5.03 Å². The Hall–Kier alpha value is -1.99. The predicted octanol–water partition coefficient (Wildman–Crippen LogP) is 2.36. The van der Waals surface area contributed by atoms with E-state index in [-0.39, 0.29) is 10.2 Å². The number of aromatic amines is 1. The summed E-state index contributed by atoms with van der Waals surface area (Å²) < 4.78 is 28.4. The van der Waals surface area contributed by atoms with Crippen LogP contribution in [-0.2, 0) is 17.1 Å². The molecule has 20 heavy (non-hydrogen) atoms. The first-order valence-corrected chi connectivity index (χ1v) is 7.60. The van der Waals surface area contributed by atoms with Crippen LogP contribution in [0.1, 0.15) is 0 Å². The van der Waals surface area contributed by atoms with Crippen LogP contribution in [-0.4, -0.2) is 23.0 Å². The first-order chi connectivity index (χ1) is 9.47. The Kier molecular flexibility index (Phi) is 2.95. The first kappa shape index (κ1) is 13.0. The second-order valence-electron chi connectivity index (χ2n) is 4.34. The number of imidazole rings is 1. The van der Waals surface area contributed by atoms with Crippen LogP contribution in [0.25, 0.3) is 10.9 Å². The summed E-state index contributed by atoms with van der Waals surface area (Å²) in [5.41, 5.74) is 1.39. The molecule has 0 unspecified atom stereocenters.